The Bertz CT molecular complexity index is 1190. The summed E-state index contributed by atoms with van der Waals surface area (Å²) in [4.78, 5) is 19.1. The molecule has 0 aliphatic rings. The number of rotatable bonds is 8. The predicted molar refractivity (Wildman–Crippen MR) is 112 cm³/mol. The molecule has 0 aliphatic carbocycles. The first kappa shape index (κ1) is 21.9. The summed E-state index contributed by atoms with van der Waals surface area (Å²) in [6, 6.07) is 12.2. The number of hydrogen-bond acceptors (Lipinski definition) is 8. The monoisotopic (exact) mass is 446 g/mol. The molecule has 31 heavy (non-hydrogen) atoms. The average Bonchev–Trinajstić information content (AvgIpc) is 2.75. The van der Waals surface area contributed by atoms with Gasteiger partial charge in [-0.05, 0) is 42.5 Å². The zero-order chi connectivity index (χ0) is 22.4. The van der Waals surface area contributed by atoms with E-state index in [0.29, 0.717) is 17.1 Å². The lowest BCUT2D eigenvalue weighted by atomic mass is 10.3. The molecule has 0 radical (unpaired) electrons. The highest BCUT2D eigenvalue weighted by molar-refractivity contribution is 7.89. The van der Waals surface area contributed by atoms with Crippen LogP contribution < -0.4 is 25.8 Å². The topological polar surface area (TPSA) is 148 Å². The molecule has 3 rings (SSSR count). The Kier molecular flexibility index (Phi) is 6.62. The van der Waals surface area contributed by atoms with Crippen LogP contribution in [0.3, 0.4) is 0 Å². The number of sulfonamides is 1. The van der Waals surface area contributed by atoms with E-state index in [1.54, 1.807) is 30.3 Å². The van der Waals surface area contributed by atoms with E-state index in [-0.39, 0.29) is 29.2 Å². The zero-order valence-electron chi connectivity index (χ0n) is 16.3. The van der Waals surface area contributed by atoms with E-state index < -0.39 is 15.8 Å². The van der Waals surface area contributed by atoms with Crippen molar-refractivity contribution in [3.8, 4) is 5.75 Å². The number of halogens is 1. The number of nitrogens with one attached hydrogen (secondary N) is 3. The molecule has 0 saturated heterocycles. The number of nitrogens with two attached hydrogens (primary N) is 1. The van der Waals surface area contributed by atoms with Crippen LogP contribution in [-0.4, -0.2) is 37.9 Å². The number of primary sulfonamides is 1. The van der Waals surface area contributed by atoms with Crippen LogP contribution in [0.4, 0.5) is 27.5 Å². The number of nitrogens with zero attached hydrogens (tertiary/aromatic N) is 2. The Hall–Kier alpha value is -3.77. The Labute approximate surface area is 177 Å². The minimum Gasteiger partial charge on any atom is -0.484 e. The third kappa shape index (κ3) is 6.10. The summed E-state index contributed by atoms with van der Waals surface area (Å²) in [6.07, 6.45) is 0.974. The molecule has 0 unspecified atom stereocenters. The largest absolute Gasteiger partial charge is 0.484 e. The highest BCUT2D eigenvalue weighted by Crippen LogP contribution is 2.23. The first-order valence-electron chi connectivity index (χ1n) is 8.87. The number of benzene rings is 2. The van der Waals surface area contributed by atoms with Crippen LogP contribution in [0.25, 0.3) is 0 Å². The van der Waals surface area contributed by atoms with E-state index in [9.17, 15) is 17.6 Å². The van der Waals surface area contributed by atoms with Gasteiger partial charge in [0.25, 0.3) is 5.91 Å². The van der Waals surface area contributed by atoms with E-state index in [1.807, 2.05) is 0 Å². The highest BCUT2D eigenvalue weighted by Gasteiger charge is 2.11. The van der Waals surface area contributed by atoms with Gasteiger partial charge in [0.2, 0.25) is 16.0 Å². The number of carbonyl (C=O) groups is 1. The molecule has 0 fully saturated rings. The maximum atomic E-state index is 14.2. The SMILES string of the molecule is CNC(=O)COc1ccc(Nc2nc(Nc3cccc(S(N)(=O)=O)c3)ncc2F)cc1. The Morgan fingerprint density at radius 1 is 1.13 bits per heavy atom. The third-order valence-corrected chi connectivity index (χ3v) is 4.84. The summed E-state index contributed by atoms with van der Waals surface area (Å²) in [5.41, 5.74) is 0.883. The van der Waals surface area contributed by atoms with Gasteiger partial charge in [0, 0.05) is 18.4 Å². The van der Waals surface area contributed by atoms with Gasteiger partial charge in [-0.15, -0.1) is 0 Å². The van der Waals surface area contributed by atoms with Gasteiger partial charge in [-0.2, -0.15) is 4.98 Å². The van der Waals surface area contributed by atoms with Gasteiger partial charge in [0.05, 0.1) is 11.1 Å². The van der Waals surface area contributed by atoms with Gasteiger partial charge >= 0.3 is 0 Å². The predicted octanol–water partition coefficient (Wildman–Crippen LogP) is 1.88. The van der Waals surface area contributed by atoms with Crippen LogP contribution >= 0.6 is 0 Å². The molecule has 5 N–H and O–H groups in total. The maximum absolute atomic E-state index is 14.2. The standard InChI is InChI=1S/C19H19FN6O4S/c1-22-17(27)11-30-14-7-5-12(6-8-14)24-18-16(20)10-23-19(26-18)25-13-3-2-4-15(9-13)31(21,28)29/h2-10H,11H2,1H3,(H,22,27)(H2,21,28,29)(H2,23,24,25,26). The van der Waals surface area contributed by atoms with Crippen molar-refractivity contribution in [2.24, 2.45) is 5.14 Å². The van der Waals surface area contributed by atoms with E-state index in [2.05, 4.69) is 25.9 Å². The number of amides is 1. The van der Waals surface area contributed by atoms with Gasteiger partial charge in [-0.25, -0.2) is 22.9 Å². The van der Waals surface area contributed by atoms with Gasteiger partial charge in [-0.1, -0.05) is 6.07 Å². The van der Waals surface area contributed by atoms with E-state index in [1.165, 1.54) is 25.2 Å². The van der Waals surface area contributed by atoms with Crippen LogP contribution in [0.5, 0.6) is 5.75 Å². The molecule has 10 nitrogen and oxygen atoms in total. The normalized spacial score (nSPS) is 10.9. The lowest BCUT2D eigenvalue weighted by Gasteiger charge is -2.11. The summed E-state index contributed by atoms with van der Waals surface area (Å²) < 4.78 is 42.4. The maximum Gasteiger partial charge on any atom is 0.257 e. The van der Waals surface area contributed by atoms with Crippen LogP contribution in [0.2, 0.25) is 0 Å². The van der Waals surface area contributed by atoms with Crippen molar-refractivity contribution in [2.45, 2.75) is 4.90 Å². The minimum absolute atomic E-state index is 0.0426. The molecule has 12 heteroatoms. The Morgan fingerprint density at radius 2 is 1.87 bits per heavy atom. The number of hydrogen-bond donors (Lipinski definition) is 4. The summed E-state index contributed by atoms with van der Waals surface area (Å²) >= 11 is 0. The molecule has 0 spiro atoms. The van der Waals surface area contributed by atoms with Crippen molar-refractivity contribution in [2.75, 3.05) is 24.3 Å². The quantitative estimate of drug-likeness (QED) is 0.410. The van der Waals surface area contributed by atoms with E-state index in [4.69, 9.17) is 9.88 Å². The highest BCUT2D eigenvalue weighted by atomic mass is 32.2. The minimum atomic E-state index is -3.87. The fraction of sp³-hybridized carbons (Fsp3) is 0.105. The van der Waals surface area contributed by atoms with E-state index in [0.717, 1.165) is 6.20 Å². The van der Waals surface area contributed by atoms with Crippen molar-refractivity contribution in [1.29, 1.82) is 0 Å². The average molecular weight is 446 g/mol. The fourth-order valence-corrected chi connectivity index (χ4v) is 2.95. The van der Waals surface area contributed by atoms with Crippen molar-refractivity contribution in [3.63, 3.8) is 0 Å². The number of carbonyl (C=O) groups excluding carboxylic acids is 1. The molecule has 3 aromatic rings. The molecule has 1 heterocycles. The number of anilines is 4. The molecule has 1 amide bonds. The van der Waals surface area contributed by atoms with Crippen LogP contribution in [0, 0.1) is 5.82 Å². The summed E-state index contributed by atoms with van der Waals surface area (Å²) in [6.45, 7) is -0.120. The van der Waals surface area contributed by atoms with Crippen molar-refractivity contribution in [3.05, 3.63) is 60.5 Å². The molecule has 1 aromatic heterocycles. The molecule has 0 aliphatic heterocycles. The lowest BCUT2D eigenvalue weighted by molar-refractivity contribution is -0.122. The molecule has 162 valence electrons. The van der Waals surface area contributed by atoms with Gasteiger partial charge in [0.1, 0.15) is 5.75 Å². The second-order valence-electron chi connectivity index (χ2n) is 6.20. The van der Waals surface area contributed by atoms with Crippen molar-refractivity contribution in [1.82, 2.24) is 15.3 Å². The Balaban J connectivity index is 1.72. The first-order valence-corrected chi connectivity index (χ1v) is 10.4. The first-order chi connectivity index (χ1) is 14.7. The second-order valence-corrected chi connectivity index (χ2v) is 7.76. The van der Waals surface area contributed by atoms with Crippen LogP contribution in [-0.2, 0) is 14.8 Å². The third-order valence-electron chi connectivity index (χ3n) is 3.93. The fourth-order valence-electron chi connectivity index (χ4n) is 2.39. The molecule has 0 atom stereocenters. The number of ether oxygens (including phenoxy) is 1. The smallest absolute Gasteiger partial charge is 0.257 e. The van der Waals surface area contributed by atoms with Crippen molar-refractivity contribution >= 4 is 39.1 Å². The van der Waals surface area contributed by atoms with Crippen LogP contribution in [0.1, 0.15) is 0 Å². The molecular weight excluding hydrogens is 427 g/mol. The van der Waals surface area contributed by atoms with Gasteiger partial charge in [0.15, 0.2) is 18.2 Å². The molecule has 0 saturated carbocycles. The second kappa shape index (κ2) is 9.36. The lowest BCUT2D eigenvalue weighted by Crippen LogP contribution is -2.24. The van der Waals surface area contributed by atoms with Crippen molar-refractivity contribution < 1.29 is 22.3 Å². The van der Waals surface area contributed by atoms with Gasteiger partial charge < -0.3 is 20.7 Å². The number of likely N-dealkylation sites (N-methyl/N-ethyl adjacent to an activating group) is 1. The van der Waals surface area contributed by atoms with Crippen LogP contribution in [0.15, 0.2) is 59.6 Å². The number of aromatic nitrogens is 2. The summed E-state index contributed by atoms with van der Waals surface area (Å²) in [5.74, 6) is -0.543. The summed E-state index contributed by atoms with van der Waals surface area (Å²) in [5, 5.41) is 13.2. The molecule has 2 aromatic carbocycles. The van der Waals surface area contributed by atoms with E-state index >= 15 is 0 Å². The zero-order valence-corrected chi connectivity index (χ0v) is 17.1. The molecular formula is C19H19FN6O4S. The summed E-state index contributed by atoms with van der Waals surface area (Å²) in [7, 11) is -2.36. The Morgan fingerprint density at radius 3 is 2.55 bits per heavy atom. The van der Waals surface area contributed by atoms with Gasteiger partial charge in [-0.3, -0.25) is 4.79 Å². The molecule has 0 bridgehead atoms.